The highest BCUT2D eigenvalue weighted by atomic mass is 32.1. The van der Waals surface area contributed by atoms with Gasteiger partial charge in [-0.2, -0.15) is 10.1 Å². The first kappa shape index (κ1) is 19.9. The number of rotatable bonds is 6. The predicted molar refractivity (Wildman–Crippen MR) is 106 cm³/mol. The summed E-state index contributed by atoms with van der Waals surface area (Å²) in [6, 6.07) is 6.35. The van der Waals surface area contributed by atoms with Gasteiger partial charge in [-0.3, -0.25) is 19.6 Å². The first-order chi connectivity index (χ1) is 13.3. The van der Waals surface area contributed by atoms with E-state index in [1.54, 1.807) is 23.9 Å². The van der Waals surface area contributed by atoms with Crippen molar-refractivity contribution in [3.8, 4) is 0 Å². The Morgan fingerprint density at radius 1 is 1.39 bits per heavy atom. The number of aromatic nitrogens is 3. The Balaban J connectivity index is 2.15. The lowest BCUT2D eigenvalue weighted by Gasteiger charge is -2.08. The fraction of sp³-hybridized carbons (Fsp3) is 0.389. The number of nitro benzene ring substituents is 1. The molecule has 1 amide bonds. The Hall–Kier alpha value is -2.85. The highest BCUT2D eigenvalue weighted by Gasteiger charge is 2.17. The zero-order valence-electron chi connectivity index (χ0n) is 16.1. The van der Waals surface area contributed by atoms with Gasteiger partial charge in [-0.25, -0.2) is 0 Å². The summed E-state index contributed by atoms with van der Waals surface area (Å²) in [5.74, 6) is -0.401. The molecule has 0 bridgehead atoms. The summed E-state index contributed by atoms with van der Waals surface area (Å²) >= 11 is 1.24. The Morgan fingerprint density at radius 3 is 2.79 bits per heavy atom. The highest BCUT2D eigenvalue weighted by molar-refractivity contribution is 7.16. The lowest BCUT2D eigenvalue weighted by Crippen LogP contribution is -2.20. The summed E-state index contributed by atoms with van der Waals surface area (Å²) in [5, 5.41) is 15.4. The molecule has 0 aliphatic rings. The molecule has 28 heavy (non-hydrogen) atoms. The molecule has 0 N–H and O–H groups in total. The fourth-order valence-electron chi connectivity index (χ4n) is 2.87. The largest absolute Gasteiger partial charge is 0.383 e. The molecule has 0 unspecified atom stereocenters. The van der Waals surface area contributed by atoms with Crippen LogP contribution in [0.1, 0.15) is 36.1 Å². The zero-order chi connectivity index (χ0) is 20.4. The van der Waals surface area contributed by atoms with Gasteiger partial charge in [0.15, 0.2) is 4.80 Å². The number of nitro groups is 1. The van der Waals surface area contributed by atoms with Crippen molar-refractivity contribution in [2.75, 3.05) is 13.7 Å². The second kappa shape index (κ2) is 8.03. The van der Waals surface area contributed by atoms with Gasteiger partial charge >= 0.3 is 0 Å². The monoisotopic (exact) mass is 403 g/mol. The average molecular weight is 403 g/mol. The predicted octanol–water partition coefficient (Wildman–Crippen LogP) is 3.08. The van der Waals surface area contributed by atoms with Crippen LogP contribution in [0.4, 0.5) is 5.69 Å². The number of carbonyl (C=O) groups excluding carboxylic acids is 1. The van der Waals surface area contributed by atoms with E-state index in [4.69, 9.17) is 4.74 Å². The number of hydrogen-bond donors (Lipinski definition) is 0. The SMILES string of the molecule is COCCn1c(=NC(=O)c2cc(C)nn2C(C)C)sc2cc([N+](=O)[O-])ccc21. The zero-order valence-corrected chi connectivity index (χ0v) is 16.9. The molecule has 2 aromatic heterocycles. The molecule has 2 heterocycles. The quantitative estimate of drug-likeness (QED) is 0.465. The number of hydrogen-bond acceptors (Lipinski definition) is 6. The minimum atomic E-state index is -0.440. The van der Waals surface area contributed by atoms with Crippen LogP contribution in [0, 0.1) is 17.0 Å². The lowest BCUT2D eigenvalue weighted by molar-refractivity contribution is -0.384. The van der Waals surface area contributed by atoms with Gasteiger partial charge in [-0.05, 0) is 32.9 Å². The van der Waals surface area contributed by atoms with Crippen LogP contribution in [0.5, 0.6) is 0 Å². The third-order valence-corrected chi connectivity index (χ3v) is 5.20. The van der Waals surface area contributed by atoms with Crippen molar-refractivity contribution < 1.29 is 14.5 Å². The number of fused-ring (bicyclic) bond motifs is 1. The number of benzene rings is 1. The maximum Gasteiger partial charge on any atom is 0.297 e. The second-order valence-corrected chi connectivity index (χ2v) is 7.57. The number of carbonyl (C=O) groups is 1. The summed E-state index contributed by atoms with van der Waals surface area (Å²) in [7, 11) is 1.59. The molecule has 0 radical (unpaired) electrons. The van der Waals surface area contributed by atoms with Crippen molar-refractivity contribution in [2.45, 2.75) is 33.4 Å². The molecule has 0 fully saturated rings. The fourth-order valence-corrected chi connectivity index (χ4v) is 3.96. The van der Waals surface area contributed by atoms with Crippen LogP contribution >= 0.6 is 11.3 Å². The van der Waals surface area contributed by atoms with E-state index in [1.165, 1.54) is 23.5 Å². The van der Waals surface area contributed by atoms with Gasteiger partial charge in [0.1, 0.15) is 5.69 Å². The topological polar surface area (TPSA) is 105 Å². The van der Waals surface area contributed by atoms with Crippen molar-refractivity contribution in [3.05, 3.63) is 50.6 Å². The van der Waals surface area contributed by atoms with Gasteiger partial charge in [-0.1, -0.05) is 11.3 Å². The summed E-state index contributed by atoms with van der Waals surface area (Å²) in [4.78, 5) is 28.3. The molecule has 3 aromatic rings. The highest BCUT2D eigenvalue weighted by Crippen LogP contribution is 2.23. The third kappa shape index (κ3) is 3.87. The van der Waals surface area contributed by atoms with Crippen molar-refractivity contribution >= 4 is 33.1 Å². The van der Waals surface area contributed by atoms with Crippen molar-refractivity contribution in [1.82, 2.24) is 14.3 Å². The van der Waals surface area contributed by atoms with E-state index in [0.717, 1.165) is 11.2 Å². The van der Waals surface area contributed by atoms with Crippen LogP contribution < -0.4 is 4.80 Å². The lowest BCUT2D eigenvalue weighted by atomic mass is 10.3. The van der Waals surface area contributed by atoms with Crippen LogP contribution in [-0.2, 0) is 11.3 Å². The molecule has 9 nitrogen and oxygen atoms in total. The molecule has 0 aliphatic heterocycles. The Labute approximate surface area is 165 Å². The molecule has 148 valence electrons. The van der Waals surface area contributed by atoms with Crippen molar-refractivity contribution in [3.63, 3.8) is 0 Å². The van der Waals surface area contributed by atoms with E-state index in [9.17, 15) is 14.9 Å². The average Bonchev–Trinajstić information content (AvgIpc) is 3.19. The van der Waals surface area contributed by atoms with Crippen LogP contribution in [-0.4, -0.2) is 38.9 Å². The van der Waals surface area contributed by atoms with E-state index < -0.39 is 10.8 Å². The minimum absolute atomic E-state index is 0.000901. The Morgan fingerprint density at radius 2 is 2.14 bits per heavy atom. The minimum Gasteiger partial charge on any atom is -0.383 e. The first-order valence-electron chi connectivity index (χ1n) is 8.73. The molecule has 0 saturated heterocycles. The number of non-ortho nitro benzene ring substituents is 1. The molecule has 3 rings (SSSR count). The van der Waals surface area contributed by atoms with E-state index in [-0.39, 0.29) is 11.7 Å². The van der Waals surface area contributed by atoms with Crippen LogP contribution in [0.25, 0.3) is 10.2 Å². The molecule has 0 saturated carbocycles. The molecule has 0 aliphatic carbocycles. The van der Waals surface area contributed by atoms with Gasteiger partial charge in [0.05, 0.1) is 27.4 Å². The normalized spacial score (nSPS) is 12.2. The number of ether oxygens (including phenoxy) is 1. The van der Waals surface area contributed by atoms with Crippen LogP contribution in [0.3, 0.4) is 0 Å². The number of methoxy groups -OCH3 is 1. The van der Waals surface area contributed by atoms with E-state index in [2.05, 4.69) is 10.1 Å². The van der Waals surface area contributed by atoms with Crippen molar-refractivity contribution in [2.24, 2.45) is 4.99 Å². The third-order valence-electron chi connectivity index (χ3n) is 4.16. The van der Waals surface area contributed by atoms with Crippen LogP contribution in [0.2, 0.25) is 0 Å². The number of thiazole rings is 1. The van der Waals surface area contributed by atoms with Gasteiger partial charge in [0.2, 0.25) is 0 Å². The standard InChI is InChI=1S/C18H21N5O4S/c1-11(2)22-15(9-12(3)20-22)17(24)19-18-21(7-8-27-4)14-6-5-13(23(25)26)10-16(14)28-18/h5-6,9-11H,7-8H2,1-4H3. The molecule has 1 aromatic carbocycles. The molecule has 10 heteroatoms. The molecule has 0 atom stereocenters. The molecule has 0 spiro atoms. The van der Waals surface area contributed by atoms with Crippen molar-refractivity contribution in [1.29, 1.82) is 0 Å². The number of aryl methyl sites for hydroxylation is 1. The number of nitrogens with zero attached hydrogens (tertiary/aromatic N) is 5. The van der Waals surface area contributed by atoms with Gasteiger partial charge in [-0.15, -0.1) is 0 Å². The van der Waals surface area contributed by atoms with E-state index in [1.807, 2.05) is 25.3 Å². The summed E-state index contributed by atoms with van der Waals surface area (Å²) in [5.41, 5.74) is 1.92. The van der Waals surface area contributed by atoms with Crippen LogP contribution in [0.15, 0.2) is 29.3 Å². The maximum absolute atomic E-state index is 12.9. The Bertz CT molecular complexity index is 1110. The second-order valence-electron chi connectivity index (χ2n) is 6.56. The maximum atomic E-state index is 12.9. The molecular formula is C18H21N5O4S. The Kier molecular flexibility index (Phi) is 5.71. The van der Waals surface area contributed by atoms with Gasteiger partial charge in [0.25, 0.3) is 11.6 Å². The first-order valence-corrected chi connectivity index (χ1v) is 9.55. The number of amides is 1. The van der Waals surface area contributed by atoms with E-state index in [0.29, 0.717) is 28.3 Å². The van der Waals surface area contributed by atoms with Gasteiger partial charge in [0, 0.05) is 31.8 Å². The smallest absolute Gasteiger partial charge is 0.297 e. The summed E-state index contributed by atoms with van der Waals surface area (Å²) < 4.78 is 9.34. The summed E-state index contributed by atoms with van der Waals surface area (Å²) in [6.07, 6.45) is 0. The van der Waals surface area contributed by atoms with Gasteiger partial charge < -0.3 is 9.30 Å². The van der Waals surface area contributed by atoms with E-state index >= 15 is 0 Å². The summed E-state index contributed by atoms with van der Waals surface area (Å²) in [6.45, 7) is 6.62. The molecular weight excluding hydrogens is 382 g/mol.